The minimum absolute atomic E-state index is 0.110. The van der Waals surface area contributed by atoms with E-state index in [1.54, 1.807) is 0 Å². The van der Waals surface area contributed by atoms with Crippen LogP contribution in [-0.4, -0.2) is 37.2 Å². The minimum Gasteiger partial charge on any atom is -0.462 e. The lowest BCUT2D eigenvalue weighted by Gasteiger charge is -2.18. The van der Waals surface area contributed by atoms with Gasteiger partial charge in [0.25, 0.3) is 0 Å². The summed E-state index contributed by atoms with van der Waals surface area (Å²) in [5, 5.41) is 0. The summed E-state index contributed by atoms with van der Waals surface area (Å²) in [6, 6.07) is 0. The molecule has 0 saturated carbocycles. The van der Waals surface area contributed by atoms with Crippen molar-refractivity contribution in [1.82, 2.24) is 0 Å². The molecule has 0 aromatic heterocycles. The number of allylic oxidation sites excluding steroid dienone is 20. The van der Waals surface area contributed by atoms with Gasteiger partial charge in [-0.05, 0) is 89.9 Å². The molecule has 6 heteroatoms. The summed E-state index contributed by atoms with van der Waals surface area (Å²) in [6.45, 7) is 6.19. The van der Waals surface area contributed by atoms with Gasteiger partial charge in [-0.1, -0.05) is 219 Å². The van der Waals surface area contributed by atoms with Crippen LogP contribution >= 0.6 is 0 Å². The van der Waals surface area contributed by atoms with Crippen LogP contribution in [-0.2, 0) is 28.6 Å². The summed E-state index contributed by atoms with van der Waals surface area (Å²) in [5.41, 5.74) is 0. The molecule has 0 N–H and O–H groups in total. The van der Waals surface area contributed by atoms with E-state index in [9.17, 15) is 14.4 Å². The molecular weight excluding hydrogens is 793 g/mol. The highest BCUT2D eigenvalue weighted by atomic mass is 16.6. The van der Waals surface area contributed by atoms with Crippen molar-refractivity contribution in [3.63, 3.8) is 0 Å². The highest BCUT2D eigenvalue weighted by Crippen LogP contribution is 2.14. The summed E-state index contributed by atoms with van der Waals surface area (Å²) in [4.78, 5) is 38.0. The second-order valence-corrected chi connectivity index (χ2v) is 16.4. The van der Waals surface area contributed by atoms with Gasteiger partial charge in [-0.2, -0.15) is 0 Å². The van der Waals surface area contributed by atoms with Crippen molar-refractivity contribution in [2.24, 2.45) is 0 Å². The molecule has 1 unspecified atom stereocenters. The number of unbranched alkanes of at least 4 members (excludes halogenated alkanes) is 17. The molecule has 0 rings (SSSR count). The van der Waals surface area contributed by atoms with Crippen molar-refractivity contribution in [3.8, 4) is 0 Å². The van der Waals surface area contributed by atoms with Crippen molar-refractivity contribution in [2.75, 3.05) is 13.2 Å². The minimum atomic E-state index is -0.816. The van der Waals surface area contributed by atoms with Crippen LogP contribution in [0.15, 0.2) is 122 Å². The van der Waals surface area contributed by atoms with Gasteiger partial charge in [0.05, 0.1) is 0 Å². The van der Waals surface area contributed by atoms with E-state index >= 15 is 0 Å². The molecule has 6 nitrogen and oxygen atoms in total. The van der Waals surface area contributed by atoms with Crippen molar-refractivity contribution in [3.05, 3.63) is 122 Å². The van der Waals surface area contributed by atoms with Crippen molar-refractivity contribution in [1.29, 1.82) is 0 Å². The molecule has 0 heterocycles. The fourth-order valence-electron chi connectivity index (χ4n) is 6.58. The molecule has 0 aliphatic heterocycles. The molecule has 0 aromatic carbocycles. The predicted molar refractivity (Wildman–Crippen MR) is 274 cm³/mol. The summed E-state index contributed by atoms with van der Waals surface area (Å²) >= 11 is 0. The second kappa shape index (κ2) is 51.4. The summed E-state index contributed by atoms with van der Waals surface area (Å²) in [6.07, 6.45) is 70.5. The Kier molecular flexibility index (Phi) is 48.1. The Labute approximate surface area is 392 Å². The Bertz CT molecular complexity index is 1390. The van der Waals surface area contributed by atoms with Crippen LogP contribution in [0.2, 0.25) is 0 Å². The normalized spacial score (nSPS) is 13.1. The second-order valence-electron chi connectivity index (χ2n) is 16.4. The van der Waals surface area contributed by atoms with Crippen LogP contribution in [0.5, 0.6) is 0 Å². The van der Waals surface area contributed by atoms with Gasteiger partial charge in [0.1, 0.15) is 13.2 Å². The lowest BCUT2D eigenvalue weighted by atomic mass is 10.1. The average Bonchev–Trinajstić information content (AvgIpc) is 3.29. The third kappa shape index (κ3) is 48.8. The van der Waals surface area contributed by atoms with E-state index in [1.165, 1.54) is 64.2 Å². The first kappa shape index (κ1) is 59.8. The molecule has 0 amide bonds. The average molecular weight is 885 g/mol. The maximum Gasteiger partial charge on any atom is 0.306 e. The zero-order valence-corrected chi connectivity index (χ0v) is 41.0. The Hall–Kier alpha value is -4.19. The molecule has 64 heavy (non-hydrogen) atoms. The number of hydrogen-bond donors (Lipinski definition) is 0. The molecule has 0 saturated heterocycles. The van der Waals surface area contributed by atoms with E-state index < -0.39 is 6.10 Å². The van der Waals surface area contributed by atoms with Gasteiger partial charge < -0.3 is 14.2 Å². The first-order valence-corrected chi connectivity index (χ1v) is 25.6. The highest BCUT2D eigenvalue weighted by Gasteiger charge is 2.19. The maximum atomic E-state index is 12.8. The summed E-state index contributed by atoms with van der Waals surface area (Å²) in [5.74, 6) is -1.01. The molecule has 360 valence electrons. The van der Waals surface area contributed by atoms with Crippen molar-refractivity contribution < 1.29 is 28.6 Å². The van der Waals surface area contributed by atoms with Crippen LogP contribution in [0, 0.1) is 0 Å². The Morgan fingerprint density at radius 2 is 0.656 bits per heavy atom. The third-order valence-corrected chi connectivity index (χ3v) is 10.3. The number of carbonyl (C=O) groups excluding carboxylic acids is 3. The van der Waals surface area contributed by atoms with Gasteiger partial charge in [-0.25, -0.2) is 0 Å². The molecule has 0 aromatic rings. The van der Waals surface area contributed by atoms with Crippen molar-refractivity contribution in [2.45, 2.75) is 213 Å². The molecule has 0 aliphatic rings. The Morgan fingerprint density at radius 3 is 1.11 bits per heavy atom. The van der Waals surface area contributed by atoms with Gasteiger partial charge in [0.2, 0.25) is 0 Å². The molecule has 0 spiro atoms. The quantitative estimate of drug-likeness (QED) is 0.0199. The largest absolute Gasteiger partial charge is 0.462 e. The zero-order chi connectivity index (χ0) is 46.5. The SMILES string of the molecule is CC/C=C/C=C/C=C/C=C/C=C/CCCC(=O)OCC(COC(=O)CCCCCCCCCCC/C=C/C/C=C/C/C=C/CC)OC(=O)CCCCCCCCC/C=C/C/C=C/CC. The standard InChI is InChI=1S/C58H92O6/c1-4-7-10-13-16-19-22-25-27-28-29-30-31-34-36-39-42-45-48-51-57(60)63-54-55(53-62-56(59)50-47-44-41-38-35-32-24-21-18-15-12-9-6-3)64-58(61)52-49-46-43-40-37-33-26-23-20-17-14-11-8-5-2/h7-12,15-21,24-25,27,32,35,38,41,55H,4-6,13-14,22-23,26,28-31,33-34,36-37,39-40,42-54H2,1-3H3/b10-7+,11-8+,12-9+,18-15+,19-16+,20-17+,24-21+,27-25+,35-32+,41-38+. The third-order valence-electron chi connectivity index (χ3n) is 10.3. The van der Waals surface area contributed by atoms with Crippen LogP contribution in [0.4, 0.5) is 0 Å². The smallest absolute Gasteiger partial charge is 0.306 e. The molecular formula is C58H92O6. The van der Waals surface area contributed by atoms with E-state index in [-0.39, 0.29) is 37.5 Å². The van der Waals surface area contributed by atoms with Gasteiger partial charge >= 0.3 is 17.9 Å². The van der Waals surface area contributed by atoms with E-state index in [4.69, 9.17) is 14.2 Å². The topological polar surface area (TPSA) is 78.9 Å². The van der Waals surface area contributed by atoms with E-state index in [0.717, 1.165) is 96.3 Å². The predicted octanol–water partition coefficient (Wildman–Crippen LogP) is 16.9. The number of rotatable bonds is 44. The number of hydrogen-bond acceptors (Lipinski definition) is 6. The fourth-order valence-corrected chi connectivity index (χ4v) is 6.58. The first-order valence-electron chi connectivity index (χ1n) is 25.6. The van der Waals surface area contributed by atoms with Gasteiger partial charge in [0, 0.05) is 19.3 Å². The van der Waals surface area contributed by atoms with E-state index in [0.29, 0.717) is 19.3 Å². The first-order chi connectivity index (χ1) is 31.5. The lowest BCUT2D eigenvalue weighted by molar-refractivity contribution is -0.167. The van der Waals surface area contributed by atoms with Gasteiger partial charge in [-0.15, -0.1) is 0 Å². The lowest BCUT2D eigenvalue weighted by Crippen LogP contribution is -2.30. The fraction of sp³-hybridized carbons (Fsp3) is 0.603. The molecule has 0 bridgehead atoms. The number of ether oxygens (including phenoxy) is 3. The van der Waals surface area contributed by atoms with Crippen LogP contribution in [0.25, 0.3) is 0 Å². The molecule has 1 atom stereocenters. The maximum absolute atomic E-state index is 12.8. The zero-order valence-electron chi connectivity index (χ0n) is 41.0. The van der Waals surface area contributed by atoms with Crippen LogP contribution in [0.3, 0.4) is 0 Å². The number of carbonyl (C=O) groups is 3. The van der Waals surface area contributed by atoms with E-state index in [2.05, 4.69) is 87.6 Å². The Morgan fingerprint density at radius 1 is 0.328 bits per heavy atom. The summed E-state index contributed by atoms with van der Waals surface area (Å²) < 4.78 is 16.7. The van der Waals surface area contributed by atoms with Gasteiger partial charge in [0.15, 0.2) is 6.10 Å². The van der Waals surface area contributed by atoms with Gasteiger partial charge in [-0.3, -0.25) is 14.4 Å². The van der Waals surface area contributed by atoms with E-state index in [1.807, 2.05) is 54.7 Å². The molecule has 0 fully saturated rings. The number of esters is 3. The van der Waals surface area contributed by atoms with Crippen LogP contribution in [0.1, 0.15) is 207 Å². The highest BCUT2D eigenvalue weighted by molar-refractivity contribution is 5.71. The molecule has 0 radical (unpaired) electrons. The van der Waals surface area contributed by atoms with Crippen LogP contribution < -0.4 is 0 Å². The monoisotopic (exact) mass is 885 g/mol. The molecule has 0 aliphatic carbocycles. The summed E-state index contributed by atoms with van der Waals surface area (Å²) in [7, 11) is 0. The van der Waals surface area contributed by atoms with Crippen molar-refractivity contribution >= 4 is 17.9 Å². The Balaban J connectivity index is 4.47.